The maximum atomic E-state index is 12.2. The number of nitrogens with one attached hydrogen (secondary N) is 1. The van der Waals surface area contributed by atoms with E-state index in [0.717, 1.165) is 28.3 Å². The molecule has 1 atom stereocenters. The van der Waals surface area contributed by atoms with Crippen molar-refractivity contribution < 1.29 is 14.3 Å². The molecule has 0 saturated heterocycles. The van der Waals surface area contributed by atoms with Crippen LogP contribution in [0.15, 0.2) is 66.7 Å². The number of hydrogen-bond acceptors (Lipinski definition) is 3. The molecule has 3 rings (SSSR count). The Hall–Kier alpha value is -3.14. The summed E-state index contributed by atoms with van der Waals surface area (Å²) < 4.78 is 5.21. The second-order valence-corrected chi connectivity index (χ2v) is 8.10. The molecule has 1 N–H and O–H groups in total. The SMILES string of the molecule is CC(C)Cc1ccc([C@H](C)NC(=O)COC(=O)Cc2cccc3ccccc23)cc1. The highest BCUT2D eigenvalue weighted by Gasteiger charge is 2.13. The van der Waals surface area contributed by atoms with Crippen LogP contribution in [-0.2, 0) is 27.2 Å². The van der Waals surface area contributed by atoms with Crippen LogP contribution < -0.4 is 5.32 Å². The molecule has 0 bridgehead atoms. The van der Waals surface area contributed by atoms with E-state index in [9.17, 15) is 9.59 Å². The van der Waals surface area contributed by atoms with Crippen molar-refractivity contribution in [3.05, 3.63) is 83.4 Å². The number of amides is 1. The van der Waals surface area contributed by atoms with Crippen LogP contribution in [0.2, 0.25) is 0 Å². The van der Waals surface area contributed by atoms with Gasteiger partial charge in [-0.2, -0.15) is 0 Å². The lowest BCUT2D eigenvalue weighted by molar-refractivity contribution is -0.148. The zero-order valence-electron chi connectivity index (χ0n) is 17.9. The summed E-state index contributed by atoms with van der Waals surface area (Å²) >= 11 is 0. The first kappa shape index (κ1) is 21.6. The lowest BCUT2D eigenvalue weighted by atomic mass is 10.00. The van der Waals surface area contributed by atoms with Crippen molar-refractivity contribution in [1.29, 1.82) is 0 Å². The van der Waals surface area contributed by atoms with Gasteiger partial charge < -0.3 is 10.1 Å². The second kappa shape index (κ2) is 10.1. The fraction of sp³-hybridized carbons (Fsp3) is 0.308. The first-order chi connectivity index (χ1) is 14.4. The Kier molecular flexibility index (Phi) is 7.23. The molecule has 4 nitrogen and oxygen atoms in total. The molecule has 3 aromatic rings. The number of carbonyl (C=O) groups excluding carboxylic acids is 2. The first-order valence-electron chi connectivity index (χ1n) is 10.4. The Bertz CT molecular complexity index is 1000. The lowest BCUT2D eigenvalue weighted by Crippen LogP contribution is -2.31. The molecule has 0 saturated carbocycles. The van der Waals surface area contributed by atoms with Gasteiger partial charge in [-0.1, -0.05) is 80.6 Å². The van der Waals surface area contributed by atoms with Crippen LogP contribution >= 0.6 is 0 Å². The largest absolute Gasteiger partial charge is 0.455 e. The Morgan fingerprint density at radius 3 is 2.33 bits per heavy atom. The molecule has 0 fully saturated rings. The number of hydrogen-bond donors (Lipinski definition) is 1. The summed E-state index contributed by atoms with van der Waals surface area (Å²) in [7, 11) is 0. The van der Waals surface area contributed by atoms with Gasteiger partial charge in [-0.3, -0.25) is 9.59 Å². The van der Waals surface area contributed by atoms with Crippen molar-refractivity contribution in [3.63, 3.8) is 0 Å². The lowest BCUT2D eigenvalue weighted by Gasteiger charge is -2.15. The molecule has 0 aliphatic heterocycles. The van der Waals surface area contributed by atoms with Crippen LogP contribution in [0, 0.1) is 5.92 Å². The number of fused-ring (bicyclic) bond motifs is 1. The van der Waals surface area contributed by atoms with E-state index in [2.05, 4.69) is 31.3 Å². The molecule has 4 heteroatoms. The zero-order chi connectivity index (χ0) is 21.5. The van der Waals surface area contributed by atoms with Gasteiger partial charge in [0.05, 0.1) is 12.5 Å². The van der Waals surface area contributed by atoms with Crippen molar-refractivity contribution >= 4 is 22.6 Å². The average Bonchev–Trinajstić information content (AvgIpc) is 2.72. The summed E-state index contributed by atoms with van der Waals surface area (Å²) in [5.41, 5.74) is 3.21. The van der Waals surface area contributed by atoms with E-state index in [1.165, 1.54) is 5.56 Å². The van der Waals surface area contributed by atoms with Crippen LogP contribution in [-0.4, -0.2) is 18.5 Å². The Morgan fingerprint density at radius 2 is 1.60 bits per heavy atom. The molecule has 0 heterocycles. The van der Waals surface area contributed by atoms with Gasteiger partial charge in [0, 0.05) is 0 Å². The van der Waals surface area contributed by atoms with Crippen molar-refractivity contribution in [2.24, 2.45) is 5.92 Å². The number of benzene rings is 3. The molecule has 0 aromatic heterocycles. The third-order valence-electron chi connectivity index (χ3n) is 5.08. The zero-order valence-corrected chi connectivity index (χ0v) is 17.9. The van der Waals surface area contributed by atoms with Gasteiger partial charge in [-0.15, -0.1) is 0 Å². The summed E-state index contributed by atoms with van der Waals surface area (Å²) in [4.78, 5) is 24.5. The molecule has 0 aliphatic carbocycles. The number of esters is 1. The van der Waals surface area contributed by atoms with Gasteiger partial charge in [0.15, 0.2) is 6.61 Å². The van der Waals surface area contributed by atoms with Crippen molar-refractivity contribution in [3.8, 4) is 0 Å². The predicted octanol–water partition coefficient (Wildman–Crippen LogP) is 5.00. The summed E-state index contributed by atoms with van der Waals surface area (Å²) in [6.45, 7) is 6.03. The van der Waals surface area contributed by atoms with Gasteiger partial charge in [0.25, 0.3) is 5.91 Å². The molecule has 0 aliphatic rings. The molecular formula is C26H29NO3. The second-order valence-electron chi connectivity index (χ2n) is 8.10. The van der Waals surface area contributed by atoms with Crippen molar-refractivity contribution in [1.82, 2.24) is 5.32 Å². The molecule has 30 heavy (non-hydrogen) atoms. The topological polar surface area (TPSA) is 55.4 Å². The highest BCUT2D eigenvalue weighted by molar-refractivity contribution is 5.89. The number of carbonyl (C=O) groups is 2. The van der Waals surface area contributed by atoms with E-state index in [-0.39, 0.29) is 25.0 Å². The number of rotatable bonds is 8. The van der Waals surface area contributed by atoms with Crippen molar-refractivity contribution in [2.45, 2.75) is 39.7 Å². The average molecular weight is 404 g/mol. The monoisotopic (exact) mass is 403 g/mol. The smallest absolute Gasteiger partial charge is 0.310 e. The van der Waals surface area contributed by atoms with Gasteiger partial charge in [-0.05, 0) is 46.7 Å². The molecule has 0 spiro atoms. The maximum Gasteiger partial charge on any atom is 0.310 e. The van der Waals surface area contributed by atoms with E-state index in [0.29, 0.717) is 5.92 Å². The molecule has 1 amide bonds. The highest BCUT2D eigenvalue weighted by Crippen LogP contribution is 2.19. The van der Waals surface area contributed by atoms with Crippen LogP contribution in [0.1, 0.15) is 43.5 Å². The van der Waals surface area contributed by atoms with E-state index in [1.807, 2.05) is 61.5 Å². The minimum atomic E-state index is -0.410. The Labute approximate surface area is 178 Å². The van der Waals surface area contributed by atoms with Crippen LogP contribution in [0.3, 0.4) is 0 Å². The maximum absolute atomic E-state index is 12.2. The summed E-state index contributed by atoms with van der Waals surface area (Å²) in [6.07, 6.45) is 1.18. The minimum Gasteiger partial charge on any atom is -0.455 e. The van der Waals surface area contributed by atoms with Crippen LogP contribution in [0.4, 0.5) is 0 Å². The number of ether oxygens (including phenoxy) is 1. The van der Waals surface area contributed by atoms with Gasteiger partial charge in [0.2, 0.25) is 0 Å². The molecule has 3 aromatic carbocycles. The van der Waals surface area contributed by atoms with E-state index < -0.39 is 5.97 Å². The highest BCUT2D eigenvalue weighted by atomic mass is 16.5. The Balaban J connectivity index is 1.49. The molecule has 0 unspecified atom stereocenters. The third-order valence-corrected chi connectivity index (χ3v) is 5.08. The first-order valence-corrected chi connectivity index (χ1v) is 10.4. The third kappa shape index (κ3) is 5.93. The van der Waals surface area contributed by atoms with Gasteiger partial charge in [-0.25, -0.2) is 0 Å². The minimum absolute atomic E-state index is 0.140. The summed E-state index contributed by atoms with van der Waals surface area (Å²) in [6, 6.07) is 21.9. The quantitative estimate of drug-likeness (QED) is 0.539. The van der Waals surface area contributed by atoms with Crippen LogP contribution in [0.25, 0.3) is 10.8 Å². The van der Waals surface area contributed by atoms with Gasteiger partial charge in [0.1, 0.15) is 0 Å². The van der Waals surface area contributed by atoms with Gasteiger partial charge >= 0.3 is 5.97 Å². The Morgan fingerprint density at radius 1 is 0.900 bits per heavy atom. The fourth-order valence-corrected chi connectivity index (χ4v) is 3.58. The molecule has 0 radical (unpaired) electrons. The summed E-state index contributed by atoms with van der Waals surface area (Å²) in [5.74, 6) is -0.108. The normalized spacial score (nSPS) is 12.0. The van der Waals surface area contributed by atoms with E-state index in [4.69, 9.17) is 4.74 Å². The predicted molar refractivity (Wildman–Crippen MR) is 120 cm³/mol. The van der Waals surface area contributed by atoms with E-state index >= 15 is 0 Å². The fourth-order valence-electron chi connectivity index (χ4n) is 3.58. The summed E-state index contributed by atoms with van der Waals surface area (Å²) in [5, 5.41) is 4.99. The van der Waals surface area contributed by atoms with Crippen molar-refractivity contribution in [2.75, 3.05) is 6.61 Å². The standard InChI is InChI=1S/C26H29NO3/c1-18(2)15-20-11-13-21(14-12-20)19(3)27-25(28)17-30-26(29)16-23-9-6-8-22-7-4-5-10-24(22)23/h4-14,18-19H,15-17H2,1-3H3,(H,27,28)/t19-/m0/s1. The molecular weight excluding hydrogens is 374 g/mol. The van der Waals surface area contributed by atoms with Crippen LogP contribution in [0.5, 0.6) is 0 Å². The van der Waals surface area contributed by atoms with E-state index in [1.54, 1.807) is 0 Å². The molecule has 156 valence electrons.